The lowest BCUT2D eigenvalue weighted by molar-refractivity contribution is -0.384. The smallest absolute Gasteiger partial charge is 0.401 e. The van der Waals surface area contributed by atoms with Gasteiger partial charge in [0.2, 0.25) is 0 Å². The molecule has 1 unspecified atom stereocenters. The molecule has 2 aromatic carbocycles. The first kappa shape index (κ1) is 34.1. The van der Waals surface area contributed by atoms with Gasteiger partial charge < -0.3 is 19.9 Å². The van der Waals surface area contributed by atoms with Gasteiger partial charge in [0, 0.05) is 48.2 Å². The van der Waals surface area contributed by atoms with E-state index in [0.717, 1.165) is 5.56 Å². The van der Waals surface area contributed by atoms with Gasteiger partial charge in [-0.2, -0.15) is 0 Å². The second-order valence-electron chi connectivity index (χ2n) is 8.59. The lowest BCUT2D eigenvalue weighted by atomic mass is 9.80. The molecular formula is C27H31Cl2N3O8. The van der Waals surface area contributed by atoms with Gasteiger partial charge in [-0.1, -0.05) is 42.5 Å². The van der Waals surface area contributed by atoms with E-state index in [9.17, 15) is 19.7 Å². The summed E-state index contributed by atoms with van der Waals surface area (Å²) in [6.07, 6.45) is 0. The van der Waals surface area contributed by atoms with Gasteiger partial charge >= 0.3 is 17.4 Å². The molecule has 2 N–H and O–H groups in total. The molecule has 13 heteroatoms. The van der Waals surface area contributed by atoms with Crippen molar-refractivity contribution in [2.24, 2.45) is 0 Å². The number of carboxylic acid groups (broad SMARTS) is 1. The number of ether oxygens (including phenoxy) is 2. The van der Waals surface area contributed by atoms with Crippen LogP contribution in [0.15, 0.2) is 77.1 Å². The molecule has 0 spiro atoms. The Kier molecular flexibility index (Phi) is 13.8. The molecule has 40 heavy (non-hydrogen) atoms. The molecule has 0 bridgehead atoms. The van der Waals surface area contributed by atoms with Crippen molar-refractivity contribution in [1.29, 1.82) is 0 Å². The number of esters is 2. The first-order valence-electron chi connectivity index (χ1n) is 11.8. The number of carbonyl (C=O) groups excluding carboxylic acids is 2. The Labute approximate surface area is 243 Å². The van der Waals surface area contributed by atoms with Crippen LogP contribution in [-0.2, 0) is 25.6 Å². The number of nitrogens with zero attached hydrogens (tertiary/aromatic N) is 2. The normalized spacial score (nSPS) is 14.3. The summed E-state index contributed by atoms with van der Waals surface area (Å²) < 4.78 is 10.6. The molecule has 0 amide bonds. The van der Waals surface area contributed by atoms with Crippen molar-refractivity contribution in [2.45, 2.75) is 26.3 Å². The third-order valence-corrected chi connectivity index (χ3v) is 5.80. The highest BCUT2D eigenvalue weighted by Crippen LogP contribution is 2.40. The van der Waals surface area contributed by atoms with Crippen molar-refractivity contribution in [3.8, 4) is 0 Å². The molecular weight excluding hydrogens is 565 g/mol. The largest absolute Gasteiger partial charge is 0.469 e. The number of benzene rings is 2. The van der Waals surface area contributed by atoms with E-state index in [1.54, 1.807) is 19.9 Å². The summed E-state index contributed by atoms with van der Waals surface area (Å²) in [7, 11) is 3.18. The molecule has 0 radical (unpaired) electrons. The van der Waals surface area contributed by atoms with Crippen LogP contribution in [0.3, 0.4) is 0 Å². The van der Waals surface area contributed by atoms with Crippen LogP contribution >= 0.6 is 24.0 Å². The van der Waals surface area contributed by atoms with E-state index in [1.807, 2.05) is 42.3 Å². The maximum absolute atomic E-state index is 13.3. The van der Waals surface area contributed by atoms with Crippen molar-refractivity contribution in [3.63, 3.8) is 0 Å². The van der Waals surface area contributed by atoms with E-state index in [1.165, 1.54) is 25.3 Å². The predicted octanol–water partition coefficient (Wildman–Crippen LogP) is 5.00. The van der Waals surface area contributed by atoms with Crippen LogP contribution in [0.25, 0.3) is 0 Å². The fraction of sp³-hybridized carbons (Fsp3) is 0.296. The minimum atomic E-state index is -1.36. The number of nitro benzene ring substituents is 1. The van der Waals surface area contributed by atoms with Gasteiger partial charge in [-0.25, -0.2) is 14.4 Å². The number of nitro groups is 1. The maximum atomic E-state index is 13.3. The Morgan fingerprint density at radius 3 is 2.17 bits per heavy atom. The van der Waals surface area contributed by atoms with Crippen molar-refractivity contribution in [1.82, 2.24) is 10.2 Å². The van der Waals surface area contributed by atoms with Gasteiger partial charge in [0.25, 0.3) is 5.69 Å². The fourth-order valence-electron chi connectivity index (χ4n) is 4.14. The molecule has 0 saturated heterocycles. The highest BCUT2D eigenvalue weighted by molar-refractivity contribution is 6.60. The van der Waals surface area contributed by atoms with E-state index in [-0.39, 0.29) is 35.8 Å². The highest BCUT2D eigenvalue weighted by atomic mass is 35.5. The predicted molar refractivity (Wildman–Crippen MR) is 151 cm³/mol. The number of nitrogens with one attached hydrogen (secondary N) is 1. The molecule has 0 aliphatic carbocycles. The number of halogens is 2. The number of non-ortho nitro benzene ring substituents is 1. The Bertz CT molecular complexity index is 1280. The van der Waals surface area contributed by atoms with Crippen molar-refractivity contribution >= 4 is 47.1 Å². The summed E-state index contributed by atoms with van der Waals surface area (Å²) in [4.78, 5) is 47.6. The molecule has 1 aliphatic rings. The summed E-state index contributed by atoms with van der Waals surface area (Å²) in [6.45, 7) is 4.74. The minimum Gasteiger partial charge on any atom is -0.469 e. The van der Waals surface area contributed by atoms with Crippen LogP contribution < -0.4 is 5.32 Å². The quantitative estimate of drug-likeness (QED) is 0.175. The summed E-state index contributed by atoms with van der Waals surface area (Å²) in [5.74, 6) is -2.11. The summed E-state index contributed by atoms with van der Waals surface area (Å²) >= 11 is 4.19. The van der Waals surface area contributed by atoms with E-state index in [4.69, 9.17) is 19.4 Å². The van der Waals surface area contributed by atoms with Gasteiger partial charge in [-0.3, -0.25) is 15.0 Å². The third-order valence-electron chi connectivity index (χ3n) is 5.80. The number of dihydropyridines is 1. The van der Waals surface area contributed by atoms with Gasteiger partial charge in [0.15, 0.2) is 0 Å². The summed E-state index contributed by atoms with van der Waals surface area (Å²) in [5, 5.41) is 21.6. The lowest BCUT2D eigenvalue weighted by Gasteiger charge is -2.30. The van der Waals surface area contributed by atoms with Crippen LogP contribution in [0.2, 0.25) is 0 Å². The molecule has 0 fully saturated rings. The second-order valence-corrected chi connectivity index (χ2v) is 8.91. The monoisotopic (exact) mass is 595 g/mol. The molecule has 216 valence electrons. The molecule has 0 aromatic heterocycles. The van der Waals surface area contributed by atoms with E-state index >= 15 is 0 Å². The fourth-order valence-corrected chi connectivity index (χ4v) is 4.14. The van der Waals surface area contributed by atoms with E-state index in [0.29, 0.717) is 30.0 Å². The van der Waals surface area contributed by atoms with Gasteiger partial charge in [-0.05, 0) is 32.0 Å². The van der Waals surface area contributed by atoms with Crippen molar-refractivity contribution < 1.29 is 33.9 Å². The van der Waals surface area contributed by atoms with Gasteiger partial charge in [-0.15, -0.1) is 12.4 Å². The number of likely N-dealkylation sites (N-methyl/N-ethyl adjacent to an activating group) is 1. The zero-order valence-corrected chi connectivity index (χ0v) is 24.0. The summed E-state index contributed by atoms with van der Waals surface area (Å²) in [6, 6.07) is 15.8. The van der Waals surface area contributed by atoms with Crippen molar-refractivity contribution in [2.75, 3.05) is 27.3 Å². The standard InChI is InChI=1S/C26H29N3O6.CHClO2.ClH/c1-17-22(25(30)34-4)24(20-11-8-12-21(15-20)29(32)33)23(18(2)27-17)26(31)35-14-13-28(3)16-19-9-6-5-7-10-19;2-1(3)4;/h5-12,15,24,27H,13-14,16H2,1-4H3;(H,3,4);1H. The number of hydrogen-bond donors (Lipinski definition) is 2. The molecule has 1 atom stereocenters. The Hall–Kier alpha value is -3.93. The minimum absolute atomic E-state index is 0. The SMILES string of the molecule is COC(=O)C1=C(C)NC(C)=C(C(=O)OCCN(C)Cc2ccccc2)C1c1cccc([N+](=O)[O-])c1.Cl.O=C(O)Cl. The Balaban J connectivity index is 0.00000150. The number of rotatable bonds is 9. The van der Waals surface area contributed by atoms with Crippen LogP contribution in [0.5, 0.6) is 0 Å². The molecule has 0 saturated carbocycles. The summed E-state index contributed by atoms with van der Waals surface area (Å²) in [5.41, 5.74) is 1.49. The van der Waals surface area contributed by atoms with E-state index in [2.05, 4.69) is 16.9 Å². The van der Waals surface area contributed by atoms with Crippen LogP contribution in [0.1, 0.15) is 30.9 Å². The average Bonchev–Trinajstić information content (AvgIpc) is 2.88. The highest BCUT2D eigenvalue weighted by Gasteiger charge is 2.38. The molecule has 3 rings (SSSR count). The van der Waals surface area contributed by atoms with E-state index < -0.39 is 28.2 Å². The number of carbonyl (C=O) groups is 3. The molecule has 1 aliphatic heterocycles. The zero-order chi connectivity index (χ0) is 29.1. The second kappa shape index (κ2) is 16.2. The molecule has 1 heterocycles. The average molecular weight is 596 g/mol. The molecule has 2 aromatic rings. The van der Waals surface area contributed by atoms with Crippen LogP contribution in [-0.4, -0.2) is 59.6 Å². The Morgan fingerprint density at radius 1 is 1.05 bits per heavy atom. The Morgan fingerprint density at radius 2 is 1.62 bits per heavy atom. The first-order chi connectivity index (χ1) is 18.5. The maximum Gasteiger partial charge on any atom is 0.401 e. The number of allylic oxidation sites excluding steroid dienone is 2. The zero-order valence-electron chi connectivity index (χ0n) is 22.4. The van der Waals surface area contributed by atoms with Crippen LogP contribution in [0.4, 0.5) is 10.5 Å². The molecule has 11 nitrogen and oxygen atoms in total. The number of hydrogen-bond acceptors (Lipinski definition) is 9. The topological polar surface area (TPSA) is 148 Å². The van der Waals surface area contributed by atoms with Gasteiger partial charge in [0.1, 0.15) is 6.61 Å². The third kappa shape index (κ3) is 9.67. The lowest BCUT2D eigenvalue weighted by Crippen LogP contribution is -2.33. The van der Waals surface area contributed by atoms with Gasteiger partial charge in [0.05, 0.1) is 29.1 Å². The van der Waals surface area contributed by atoms with Crippen molar-refractivity contribution in [3.05, 3.63) is 98.4 Å². The number of methoxy groups -OCH3 is 1. The van der Waals surface area contributed by atoms with Crippen LogP contribution in [0, 0.1) is 10.1 Å². The first-order valence-corrected chi connectivity index (χ1v) is 12.1.